The molecule has 3 nitrogen and oxygen atoms in total. The lowest BCUT2D eigenvalue weighted by Gasteiger charge is -2.36. The van der Waals surface area contributed by atoms with Crippen molar-refractivity contribution < 1.29 is 23.4 Å². The average molecular weight is 390 g/mol. The van der Waals surface area contributed by atoms with E-state index in [2.05, 4.69) is 6.92 Å². The molecule has 2 aliphatic carbocycles. The zero-order chi connectivity index (χ0) is 20.1. The maximum Gasteiger partial charge on any atom is 0.346 e. The minimum absolute atomic E-state index is 0.307. The fourth-order valence-electron chi connectivity index (χ4n) is 4.63. The maximum absolute atomic E-state index is 13.3. The minimum Gasteiger partial charge on any atom is -0.481 e. The van der Waals surface area contributed by atoms with Gasteiger partial charge in [0, 0.05) is 0 Å². The summed E-state index contributed by atoms with van der Waals surface area (Å²) in [4.78, 5) is 11.2. The van der Waals surface area contributed by atoms with E-state index in [1.165, 1.54) is 37.1 Å². The Kier molecular flexibility index (Phi) is 6.65. The van der Waals surface area contributed by atoms with Gasteiger partial charge in [0.25, 0.3) is 0 Å². The van der Waals surface area contributed by atoms with E-state index in [1.807, 2.05) is 24.3 Å². The first-order chi connectivity index (χ1) is 13.4. The molecule has 5 heteroatoms. The molecule has 1 aromatic rings. The van der Waals surface area contributed by atoms with Gasteiger partial charge in [-0.05, 0) is 60.8 Å². The van der Waals surface area contributed by atoms with Gasteiger partial charge in [0.2, 0.25) is 0 Å². The van der Waals surface area contributed by atoms with E-state index in [0.717, 1.165) is 37.2 Å². The molecule has 1 saturated carbocycles. The van der Waals surface area contributed by atoms with Gasteiger partial charge in [-0.15, -0.1) is 0 Å². The van der Waals surface area contributed by atoms with Gasteiger partial charge >= 0.3 is 12.6 Å². The number of carboxylic acids is 1. The van der Waals surface area contributed by atoms with Crippen LogP contribution in [0.4, 0.5) is 8.78 Å². The van der Waals surface area contributed by atoms with Gasteiger partial charge in [-0.2, -0.15) is 8.78 Å². The molecule has 0 heterocycles. The fourth-order valence-corrected chi connectivity index (χ4v) is 4.63. The molecule has 0 amide bonds. The maximum atomic E-state index is 13.3. The first kappa shape index (κ1) is 20.7. The molecule has 2 aliphatic rings. The lowest BCUT2D eigenvalue weighted by molar-refractivity contribution is -0.180. The second-order valence-corrected chi connectivity index (χ2v) is 7.85. The predicted octanol–water partition coefficient (Wildman–Crippen LogP) is 6.02. The molecule has 1 N–H and O–H groups in total. The molecule has 0 unspecified atom stereocenters. The van der Waals surface area contributed by atoms with Crippen molar-refractivity contribution in [3.8, 4) is 0 Å². The number of hydrogen-bond donors (Lipinski definition) is 1. The molecule has 1 fully saturated rings. The van der Waals surface area contributed by atoms with Crippen LogP contribution in [0.5, 0.6) is 0 Å². The van der Waals surface area contributed by atoms with E-state index in [-0.39, 0.29) is 0 Å². The molecule has 3 rings (SSSR count). The highest BCUT2D eigenvalue weighted by atomic mass is 19.3. The van der Waals surface area contributed by atoms with Gasteiger partial charge in [-0.1, -0.05) is 56.2 Å². The first-order valence-corrected chi connectivity index (χ1v) is 10.1. The van der Waals surface area contributed by atoms with Crippen molar-refractivity contribution in [1.82, 2.24) is 0 Å². The molecule has 0 bridgehead atoms. The SMILES string of the molecule is CCCC1CCC(c2ccccc2C2(OC(F)F)C=CC(C(=O)O)C=C2)CC1. The summed E-state index contributed by atoms with van der Waals surface area (Å²) in [5.74, 6) is -0.779. The number of rotatable bonds is 7. The molecule has 0 aromatic heterocycles. The summed E-state index contributed by atoms with van der Waals surface area (Å²) in [7, 11) is 0. The van der Waals surface area contributed by atoms with Crippen molar-refractivity contribution in [2.24, 2.45) is 11.8 Å². The normalized spacial score (nSPS) is 29.9. The number of alkyl halides is 2. The third-order valence-electron chi connectivity index (χ3n) is 6.04. The van der Waals surface area contributed by atoms with Gasteiger partial charge in [-0.3, -0.25) is 4.79 Å². The lowest BCUT2D eigenvalue weighted by atomic mass is 9.73. The van der Waals surface area contributed by atoms with E-state index in [4.69, 9.17) is 4.74 Å². The van der Waals surface area contributed by atoms with Crippen LogP contribution in [0.3, 0.4) is 0 Å². The topological polar surface area (TPSA) is 46.5 Å². The molecule has 0 radical (unpaired) electrons. The van der Waals surface area contributed by atoms with Crippen LogP contribution in [0.1, 0.15) is 62.5 Å². The molecule has 0 spiro atoms. The van der Waals surface area contributed by atoms with Crippen LogP contribution in [0.15, 0.2) is 48.6 Å². The van der Waals surface area contributed by atoms with Gasteiger partial charge in [0.15, 0.2) is 0 Å². The third-order valence-corrected chi connectivity index (χ3v) is 6.04. The van der Waals surface area contributed by atoms with Crippen molar-refractivity contribution in [1.29, 1.82) is 0 Å². The smallest absolute Gasteiger partial charge is 0.346 e. The Morgan fingerprint density at radius 2 is 1.82 bits per heavy atom. The summed E-state index contributed by atoms with van der Waals surface area (Å²) < 4.78 is 31.7. The van der Waals surface area contributed by atoms with Crippen LogP contribution < -0.4 is 0 Å². The van der Waals surface area contributed by atoms with E-state index in [0.29, 0.717) is 11.5 Å². The molecular formula is C23H28F2O3. The summed E-state index contributed by atoms with van der Waals surface area (Å²) in [5, 5.41) is 9.20. The number of carboxylic acid groups (broad SMARTS) is 1. The summed E-state index contributed by atoms with van der Waals surface area (Å²) in [6.45, 7) is -0.761. The van der Waals surface area contributed by atoms with Gasteiger partial charge in [-0.25, -0.2) is 0 Å². The van der Waals surface area contributed by atoms with Crippen LogP contribution in [-0.4, -0.2) is 17.7 Å². The van der Waals surface area contributed by atoms with Gasteiger partial charge in [0.1, 0.15) is 5.60 Å². The van der Waals surface area contributed by atoms with Crippen LogP contribution in [0.25, 0.3) is 0 Å². The standard InChI is InChI=1S/C23H28F2O3/c1-2-5-16-8-10-17(11-9-16)19-6-3-4-7-20(19)23(28-22(24)25)14-12-18(13-15-23)21(26)27/h3-4,6-7,12-18,22H,2,5,8-11H2,1H3,(H,26,27). The number of ether oxygens (including phenoxy) is 1. The Labute approximate surface area is 165 Å². The Hall–Kier alpha value is -2.01. The van der Waals surface area contributed by atoms with E-state index in [1.54, 1.807) is 0 Å². The highest BCUT2D eigenvalue weighted by Gasteiger charge is 2.38. The predicted molar refractivity (Wildman–Crippen MR) is 104 cm³/mol. The molecule has 0 saturated heterocycles. The first-order valence-electron chi connectivity index (χ1n) is 10.1. The van der Waals surface area contributed by atoms with Crippen molar-refractivity contribution >= 4 is 5.97 Å². The zero-order valence-electron chi connectivity index (χ0n) is 16.2. The fraction of sp³-hybridized carbons (Fsp3) is 0.522. The second-order valence-electron chi connectivity index (χ2n) is 7.85. The summed E-state index contributed by atoms with van der Waals surface area (Å²) in [6, 6.07) is 7.58. The molecule has 0 atom stereocenters. The Morgan fingerprint density at radius 3 is 2.39 bits per heavy atom. The van der Waals surface area contributed by atoms with E-state index < -0.39 is 24.1 Å². The van der Waals surface area contributed by atoms with Crippen molar-refractivity contribution in [2.75, 3.05) is 0 Å². The highest BCUT2D eigenvalue weighted by Crippen LogP contribution is 2.44. The number of halogens is 2. The molecule has 0 aliphatic heterocycles. The Morgan fingerprint density at radius 1 is 1.18 bits per heavy atom. The molecular weight excluding hydrogens is 362 g/mol. The Balaban J connectivity index is 1.92. The van der Waals surface area contributed by atoms with Crippen LogP contribution in [0.2, 0.25) is 0 Å². The van der Waals surface area contributed by atoms with Crippen LogP contribution >= 0.6 is 0 Å². The zero-order valence-corrected chi connectivity index (χ0v) is 16.2. The van der Waals surface area contributed by atoms with Crippen molar-refractivity contribution in [2.45, 2.75) is 63.6 Å². The summed E-state index contributed by atoms with van der Waals surface area (Å²) in [5.41, 5.74) is 0.281. The van der Waals surface area contributed by atoms with Crippen LogP contribution in [-0.2, 0) is 15.1 Å². The number of carbonyl (C=O) groups is 1. The third kappa shape index (κ3) is 4.52. The summed E-state index contributed by atoms with van der Waals surface area (Å²) >= 11 is 0. The second kappa shape index (κ2) is 8.99. The van der Waals surface area contributed by atoms with Gasteiger partial charge < -0.3 is 9.84 Å². The van der Waals surface area contributed by atoms with E-state index >= 15 is 0 Å². The lowest BCUT2D eigenvalue weighted by Crippen LogP contribution is -2.32. The monoisotopic (exact) mass is 390 g/mol. The largest absolute Gasteiger partial charge is 0.481 e. The van der Waals surface area contributed by atoms with Crippen molar-refractivity contribution in [3.05, 3.63) is 59.7 Å². The van der Waals surface area contributed by atoms with Crippen molar-refractivity contribution in [3.63, 3.8) is 0 Å². The van der Waals surface area contributed by atoms with E-state index in [9.17, 15) is 18.7 Å². The molecule has 152 valence electrons. The average Bonchev–Trinajstić information content (AvgIpc) is 2.69. The minimum atomic E-state index is -2.97. The number of hydrogen-bond acceptors (Lipinski definition) is 2. The number of aliphatic carboxylic acids is 1. The quantitative estimate of drug-likeness (QED) is 0.579. The summed E-state index contributed by atoms with van der Waals surface area (Å²) in [6.07, 6.45) is 12.6. The van der Waals surface area contributed by atoms with Crippen LogP contribution in [0, 0.1) is 11.8 Å². The molecule has 1 aromatic carbocycles. The molecule has 28 heavy (non-hydrogen) atoms. The highest BCUT2D eigenvalue weighted by molar-refractivity contribution is 5.75. The number of benzene rings is 1. The van der Waals surface area contributed by atoms with Gasteiger partial charge in [0.05, 0.1) is 5.92 Å². The Bertz CT molecular complexity index is 719.